The van der Waals surface area contributed by atoms with Crippen LogP contribution in [0.5, 0.6) is 0 Å². The number of morpholine rings is 1. The first kappa shape index (κ1) is 19.7. The molecule has 2 rings (SSSR count). The van der Waals surface area contributed by atoms with Crippen LogP contribution in [0.4, 0.5) is 0 Å². The molecule has 2 saturated heterocycles. The molecule has 0 spiro atoms. The molecule has 0 radical (unpaired) electrons. The van der Waals surface area contributed by atoms with Crippen molar-refractivity contribution < 1.29 is 19.1 Å². The molecular formula is C18H31N3O4. The van der Waals surface area contributed by atoms with Crippen molar-refractivity contribution in [3.05, 3.63) is 0 Å². The Kier molecular flexibility index (Phi) is 6.81. The Morgan fingerprint density at radius 1 is 1.08 bits per heavy atom. The highest BCUT2D eigenvalue weighted by atomic mass is 16.5. The van der Waals surface area contributed by atoms with Crippen LogP contribution in [0.25, 0.3) is 0 Å². The van der Waals surface area contributed by atoms with Gasteiger partial charge >= 0.3 is 0 Å². The Labute approximate surface area is 150 Å². The maximum absolute atomic E-state index is 12.8. The van der Waals surface area contributed by atoms with Crippen molar-refractivity contribution in [2.75, 3.05) is 39.4 Å². The molecule has 2 aliphatic heterocycles. The van der Waals surface area contributed by atoms with E-state index in [-0.39, 0.29) is 30.2 Å². The van der Waals surface area contributed by atoms with Crippen molar-refractivity contribution >= 4 is 17.7 Å². The van der Waals surface area contributed by atoms with Crippen LogP contribution >= 0.6 is 0 Å². The van der Waals surface area contributed by atoms with E-state index in [0.717, 1.165) is 19.3 Å². The number of rotatable bonds is 4. The second-order valence-corrected chi connectivity index (χ2v) is 7.79. The molecule has 3 amide bonds. The Balaban J connectivity index is 1.89. The van der Waals surface area contributed by atoms with Gasteiger partial charge < -0.3 is 19.9 Å². The molecule has 2 aliphatic rings. The summed E-state index contributed by atoms with van der Waals surface area (Å²) in [7, 11) is 0. The number of likely N-dealkylation sites (tertiary alicyclic amines) is 1. The maximum Gasteiger partial charge on any atom is 0.245 e. The predicted molar refractivity (Wildman–Crippen MR) is 93.8 cm³/mol. The number of carbonyl (C=O) groups excluding carboxylic acids is 3. The lowest BCUT2D eigenvalue weighted by atomic mass is 9.95. The Morgan fingerprint density at radius 3 is 2.40 bits per heavy atom. The predicted octanol–water partition coefficient (Wildman–Crippen LogP) is 0.779. The SMILES string of the molecule is CC(C)(C)C(=O)NCCC(=O)N1CCCCC1C(=O)N1CCOCC1. The molecule has 7 nitrogen and oxygen atoms in total. The molecule has 1 unspecified atom stereocenters. The summed E-state index contributed by atoms with van der Waals surface area (Å²) in [5, 5.41) is 2.80. The Hall–Kier alpha value is -1.63. The molecule has 1 N–H and O–H groups in total. The first-order valence-corrected chi connectivity index (χ1v) is 9.25. The highest BCUT2D eigenvalue weighted by Crippen LogP contribution is 2.20. The largest absolute Gasteiger partial charge is 0.378 e. The van der Waals surface area contributed by atoms with Crippen molar-refractivity contribution in [2.45, 2.75) is 52.5 Å². The lowest BCUT2D eigenvalue weighted by Crippen LogP contribution is -2.55. The molecule has 0 aliphatic carbocycles. The monoisotopic (exact) mass is 353 g/mol. The van der Waals surface area contributed by atoms with Gasteiger partial charge in [0.1, 0.15) is 6.04 Å². The molecule has 142 valence electrons. The zero-order valence-electron chi connectivity index (χ0n) is 15.7. The van der Waals surface area contributed by atoms with Crippen LogP contribution < -0.4 is 5.32 Å². The quantitative estimate of drug-likeness (QED) is 0.810. The fourth-order valence-corrected chi connectivity index (χ4v) is 3.17. The topological polar surface area (TPSA) is 79.0 Å². The zero-order valence-corrected chi connectivity index (χ0v) is 15.7. The fourth-order valence-electron chi connectivity index (χ4n) is 3.17. The van der Waals surface area contributed by atoms with E-state index in [9.17, 15) is 14.4 Å². The number of carbonyl (C=O) groups is 3. The second-order valence-electron chi connectivity index (χ2n) is 7.79. The van der Waals surface area contributed by atoms with Gasteiger partial charge in [-0.3, -0.25) is 14.4 Å². The average molecular weight is 353 g/mol. The standard InChI is InChI=1S/C18H31N3O4/c1-18(2,3)17(24)19-8-7-15(22)21-9-5-4-6-14(21)16(23)20-10-12-25-13-11-20/h14H,4-13H2,1-3H3,(H,19,24). The highest BCUT2D eigenvalue weighted by molar-refractivity contribution is 5.88. The van der Waals surface area contributed by atoms with E-state index in [1.165, 1.54) is 0 Å². The van der Waals surface area contributed by atoms with Gasteiger partial charge in [0.05, 0.1) is 13.2 Å². The van der Waals surface area contributed by atoms with Gasteiger partial charge in [-0.05, 0) is 19.3 Å². The van der Waals surface area contributed by atoms with Crippen LogP contribution in [0.1, 0.15) is 46.5 Å². The minimum atomic E-state index is -0.469. The van der Waals surface area contributed by atoms with Gasteiger partial charge in [-0.25, -0.2) is 0 Å². The Morgan fingerprint density at radius 2 is 1.76 bits per heavy atom. The molecular weight excluding hydrogens is 322 g/mol. The number of amides is 3. The molecule has 0 saturated carbocycles. The van der Waals surface area contributed by atoms with Crippen molar-refractivity contribution in [1.29, 1.82) is 0 Å². The van der Waals surface area contributed by atoms with Crippen LogP contribution in [0, 0.1) is 5.41 Å². The van der Waals surface area contributed by atoms with Gasteiger partial charge in [-0.2, -0.15) is 0 Å². The lowest BCUT2D eigenvalue weighted by Gasteiger charge is -2.38. The van der Waals surface area contributed by atoms with Crippen LogP contribution in [0.2, 0.25) is 0 Å². The van der Waals surface area contributed by atoms with E-state index in [2.05, 4.69) is 5.32 Å². The summed E-state index contributed by atoms with van der Waals surface area (Å²) >= 11 is 0. The minimum Gasteiger partial charge on any atom is -0.378 e. The van der Waals surface area contributed by atoms with E-state index in [4.69, 9.17) is 4.74 Å². The maximum atomic E-state index is 12.8. The van der Waals surface area contributed by atoms with Crippen molar-refractivity contribution in [1.82, 2.24) is 15.1 Å². The number of hydrogen-bond acceptors (Lipinski definition) is 4. The number of hydrogen-bond donors (Lipinski definition) is 1. The van der Waals surface area contributed by atoms with Gasteiger partial charge in [0.15, 0.2) is 0 Å². The number of nitrogens with zero attached hydrogens (tertiary/aromatic N) is 2. The lowest BCUT2D eigenvalue weighted by molar-refractivity contribution is -0.150. The number of ether oxygens (including phenoxy) is 1. The normalized spacial score (nSPS) is 21.8. The molecule has 0 aromatic heterocycles. The van der Waals surface area contributed by atoms with E-state index < -0.39 is 5.41 Å². The summed E-state index contributed by atoms with van der Waals surface area (Å²) in [6.07, 6.45) is 2.84. The summed E-state index contributed by atoms with van der Waals surface area (Å²) in [6, 6.07) is -0.363. The van der Waals surface area contributed by atoms with E-state index >= 15 is 0 Å². The number of nitrogens with one attached hydrogen (secondary N) is 1. The summed E-state index contributed by atoms with van der Waals surface area (Å²) < 4.78 is 5.30. The van der Waals surface area contributed by atoms with Crippen LogP contribution in [0.3, 0.4) is 0 Å². The van der Waals surface area contributed by atoms with E-state index in [1.807, 2.05) is 20.8 Å². The highest BCUT2D eigenvalue weighted by Gasteiger charge is 2.35. The van der Waals surface area contributed by atoms with Gasteiger partial charge in [0.25, 0.3) is 0 Å². The molecule has 2 heterocycles. The van der Waals surface area contributed by atoms with Gasteiger partial charge in [0, 0.05) is 38.0 Å². The first-order chi connectivity index (χ1) is 11.8. The van der Waals surface area contributed by atoms with Crippen LogP contribution in [0.15, 0.2) is 0 Å². The number of piperidine rings is 1. The van der Waals surface area contributed by atoms with Crippen LogP contribution in [-0.2, 0) is 19.1 Å². The van der Waals surface area contributed by atoms with Gasteiger partial charge in [-0.15, -0.1) is 0 Å². The van der Waals surface area contributed by atoms with E-state index in [1.54, 1.807) is 9.80 Å². The zero-order chi connectivity index (χ0) is 18.4. The van der Waals surface area contributed by atoms with E-state index in [0.29, 0.717) is 39.4 Å². The first-order valence-electron chi connectivity index (χ1n) is 9.25. The molecule has 7 heteroatoms. The molecule has 25 heavy (non-hydrogen) atoms. The molecule has 1 atom stereocenters. The molecule has 2 fully saturated rings. The van der Waals surface area contributed by atoms with Gasteiger partial charge in [-0.1, -0.05) is 20.8 Å². The third-order valence-electron chi connectivity index (χ3n) is 4.74. The summed E-state index contributed by atoms with van der Waals surface area (Å²) in [5.74, 6) is -0.0875. The van der Waals surface area contributed by atoms with Crippen molar-refractivity contribution in [2.24, 2.45) is 5.41 Å². The van der Waals surface area contributed by atoms with Crippen LogP contribution in [-0.4, -0.2) is 73.0 Å². The summed E-state index contributed by atoms with van der Waals surface area (Å²) in [5.41, 5.74) is -0.469. The Bertz CT molecular complexity index is 495. The summed E-state index contributed by atoms with van der Waals surface area (Å²) in [6.45, 7) is 8.76. The molecule has 0 aromatic carbocycles. The second kappa shape index (κ2) is 8.65. The minimum absolute atomic E-state index is 0.0371. The van der Waals surface area contributed by atoms with Crippen molar-refractivity contribution in [3.8, 4) is 0 Å². The third kappa shape index (κ3) is 5.42. The molecule has 0 aromatic rings. The third-order valence-corrected chi connectivity index (χ3v) is 4.74. The average Bonchev–Trinajstić information content (AvgIpc) is 2.60. The van der Waals surface area contributed by atoms with Crippen molar-refractivity contribution in [3.63, 3.8) is 0 Å². The van der Waals surface area contributed by atoms with Gasteiger partial charge in [0.2, 0.25) is 17.7 Å². The fraction of sp³-hybridized carbons (Fsp3) is 0.833. The smallest absolute Gasteiger partial charge is 0.245 e. The summed E-state index contributed by atoms with van der Waals surface area (Å²) in [4.78, 5) is 40.8. The molecule has 0 bridgehead atoms.